The Morgan fingerprint density at radius 1 is 1.07 bits per heavy atom. The van der Waals surface area contributed by atoms with E-state index in [0.29, 0.717) is 27.7 Å². The molecule has 0 aliphatic rings. The van der Waals surface area contributed by atoms with Crippen LogP contribution in [0.3, 0.4) is 0 Å². The third kappa shape index (κ3) is 5.68. The van der Waals surface area contributed by atoms with Crippen LogP contribution in [-0.2, 0) is 4.79 Å². The summed E-state index contributed by atoms with van der Waals surface area (Å²) in [5, 5.41) is 5.72. The first-order valence-electron chi connectivity index (χ1n) is 9.01. The number of carbonyl (C=O) groups excluding carboxylic acids is 2. The van der Waals surface area contributed by atoms with E-state index in [9.17, 15) is 9.59 Å². The normalized spacial score (nSPS) is 10.6. The van der Waals surface area contributed by atoms with E-state index in [0.717, 1.165) is 5.56 Å². The smallest absolute Gasteiger partial charge is 0.353 e. The van der Waals surface area contributed by atoms with Crippen LogP contribution in [0.1, 0.15) is 20.8 Å². The zero-order valence-corrected chi connectivity index (χ0v) is 17.3. The van der Waals surface area contributed by atoms with Gasteiger partial charge in [-0.25, -0.2) is 10.2 Å². The van der Waals surface area contributed by atoms with Gasteiger partial charge in [0.2, 0.25) is 0 Å². The van der Waals surface area contributed by atoms with Crippen molar-refractivity contribution < 1.29 is 23.8 Å². The lowest BCUT2D eigenvalue weighted by Gasteiger charge is -2.09. The topological polar surface area (TPSA) is 86.2 Å². The molecule has 0 unspecified atom stereocenters. The fraction of sp³-hybridized carbons (Fsp3) is 0.136. The van der Waals surface area contributed by atoms with E-state index < -0.39 is 5.97 Å². The summed E-state index contributed by atoms with van der Waals surface area (Å²) < 4.78 is 16.1. The van der Waals surface area contributed by atoms with Crippen LogP contribution >= 0.6 is 11.3 Å². The van der Waals surface area contributed by atoms with Crippen molar-refractivity contribution in [2.24, 2.45) is 5.10 Å². The van der Waals surface area contributed by atoms with Crippen molar-refractivity contribution in [1.29, 1.82) is 0 Å². The van der Waals surface area contributed by atoms with Gasteiger partial charge in [-0.05, 0) is 53.8 Å². The predicted molar refractivity (Wildman–Crippen MR) is 115 cm³/mol. The minimum atomic E-state index is -0.453. The number of esters is 1. The third-order valence-corrected chi connectivity index (χ3v) is 4.82. The van der Waals surface area contributed by atoms with Crippen molar-refractivity contribution in [2.45, 2.75) is 6.92 Å². The zero-order valence-electron chi connectivity index (χ0n) is 16.5. The molecule has 1 amide bonds. The molecular formula is C22H20N2O5S. The Bertz CT molecular complexity index is 1050. The molecule has 0 saturated carbocycles. The Morgan fingerprint density at radius 2 is 1.90 bits per heavy atom. The quantitative estimate of drug-likeness (QED) is 0.257. The molecule has 0 bridgehead atoms. The lowest BCUT2D eigenvalue weighted by Crippen LogP contribution is -2.24. The first-order chi connectivity index (χ1) is 14.6. The average Bonchev–Trinajstić information content (AvgIpc) is 3.29. The highest BCUT2D eigenvalue weighted by Crippen LogP contribution is 2.28. The Labute approximate surface area is 177 Å². The maximum absolute atomic E-state index is 12.1. The predicted octanol–water partition coefficient (Wildman–Crippen LogP) is 3.81. The van der Waals surface area contributed by atoms with Crippen LogP contribution in [-0.4, -0.2) is 31.8 Å². The van der Waals surface area contributed by atoms with Crippen LogP contribution in [0.2, 0.25) is 0 Å². The summed E-state index contributed by atoms with van der Waals surface area (Å²) in [4.78, 5) is 24.5. The molecule has 154 valence electrons. The number of methoxy groups -OCH3 is 1. The molecular weight excluding hydrogens is 404 g/mol. The van der Waals surface area contributed by atoms with Crippen LogP contribution in [0.4, 0.5) is 0 Å². The average molecular weight is 424 g/mol. The van der Waals surface area contributed by atoms with Crippen molar-refractivity contribution in [2.75, 3.05) is 13.7 Å². The summed E-state index contributed by atoms with van der Waals surface area (Å²) in [7, 11) is 1.48. The van der Waals surface area contributed by atoms with Gasteiger partial charge >= 0.3 is 5.97 Å². The molecule has 3 rings (SSSR count). The zero-order chi connectivity index (χ0) is 21.3. The van der Waals surface area contributed by atoms with Crippen LogP contribution < -0.4 is 19.6 Å². The van der Waals surface area contributed by atoms with E-state index in [1.54, 1.807) is 41.8 Å². The molecule has 0 fully saturated rings. The summed E-state index contributed by atoms with van der Waals surface area (Å²) in [6, 6.07) is 15.8. The van der Waals surface area contributed by atoms with Crippen molar-refractivity contribution in [3.8, 4) is 17.2 Å². The van der Waals surface area contributed by atoms with E-state index in [-0.39, 0.29) is 12.5 Å². The maximum atomic E-state index is 12.1. The second-order valence-electron chi connectivity index (χ2n) is 6.12. The molecule has 1 heterocycles. The van der Waals surface area contributed by atoms with E-state index >= 15 is 0 Å². The number of rotatable bonds is 8. The van der Waals surface area contributed by atoms with E-state index in [1.807, 2.05) is 25.1 Å². The minimum absolute atomic E-state index is 0.150. The van der Waals surface area contributed by atoms with Gasteiger partial charge in [0.1, 0.15) is 10.6 Å². The lowest BCUT2D eigenvalue weighted by molar-refractivity contribution is -0.123. The number of benzene rings is 2. The molecule has 30 heavy (non-hydrogen) atoms. The van der Waals surface area contributed by atoms with Gasteiger partial charge in [-0.2, -0.15) is 5.10 Å². The van der Waals surface area contributed by atoms with Crippen molar-refractivity contribution >= 4 is 29.4 Å². The number of nitrogens with one attached hydrogen (secondary N) is 1. The molecule has 2 aromatic carbocycles. The summed E-state index contributed by atoms with van der Waals surface area (Å²) >= 11 is 1.30. The number of carbonyl (C=O) groups is 2. The standard InChI is InChI=1S/C22H20N2O5S/c1-15-6-3-4-7-17(15)28-14-21(25)24-23-13-16-9-10-18(19(12-16)27-2)29-22(26)20-8-5-11-30-20/h3-13H,14H2,1-2H3,(H,24,25)/b23-13+. The molecule has 0 aliphatic carbocycles. The highest BCUT2D eigenvalue weighted by molar-refractivity contribution is 7.12. The molecule has 0 radical (unpaired) electrons. The van der Waals surface area contributed by atoms with Gasteiger partial charge in [-0.3, -0.25) is 4.79 Å². The van der Waals surface area contributed by atoms with Crippen molar-refractivity contribution in [3.63, 3.8) is 0 Å². The second kappa shape index (κ2) is 10.2. The summed E-state index contributed by atoms with van der Waals surface area (Å²) in [5.74, 6) is 0.476. The first kappa shape index (κ1) is 21.1. The molecule has 7 nitrogen and oxygen atoms in total. The van der Waals surface area contributed by atoms with Gasteiger partial charge in [0.25, 0.3) is 5.91 Å². The number of hydrogen-bond donors (Lipinski definition) is 1. The van der Waals surface area contributed by atoms with Crippen LogP contribution in [0.15, 0.2) is 65.1 Å². The largest absolute Gasteiger partial charge is 0.493 e. The van der Waals surface area contributed by atoms with Gasteiger partial charge in [-0.15, -0.1) is 11.3 Å². The van der Waals surface area contributed by atoms with Crippen LogP contribution in [0.25, 0.3) is 0 Å². The number of aryl methyl sites for hydroxylation is 1. The number of para-hydroxylation sites is 1. The van der Waals surface area contributed by atoms with Crippen LogP contribution in [0.5, 0.6) is 17.2 Å². The van der Waals surface area contributed by atoms with Gasteiger partial charge < -0.3 is 14.2 Å². The number of hydrogen-bond acceptors (Lipinski definition) is 7. The molecule has 0 aliphatic heterocycles. The SMILES string of the molecule is COc1cc(/C=N/NC(=O)COc2ccccc2C)ccc1OC(=O)c1cccs1. The first-order valence-corrected chi connectivity index (χ1v) is 9.89. The van der Waals surface area contributed by atoms with Gasteiger partial charge in [0.15, 0.2) is 18.1 Å². The molecule has 1 aromatic heterocycles. The minimum Gasteiger partial charge on any atom is -0.493 e. The number of hydrazone groups is 1. The van der Waals surface area contributed by atoms with Crippen molar-refractivity contribution in [3.05, 3.63) is 76.0 Å². The molecule has 8 heteroatoms. The Morgan fingerprint density at radius 3 is 2.63 bits per heavy atom. The Balaban J connectivity index is 1.55. The van der Waals surface area contributed by atoms with Crippen molar-refractivity contribution in [1.82, 2.24) is 5.43 Å². The van der Waals surface area contributed by atoms with Crippen LogP contribution in [0, 0.1) is 6.92 Å². The fourth-order valence-electron chi connectivity index (χ4n) is 2.47. The summed E-state index contributed by atoms with van der Waals surface area (Å²) in [5.41, 5.74) is 4.01. The molecule has 0 spiro atoms. The molecule has 0 atom stereocenters. The fourth-order valence-corrected chi connectivity index (χ4v) is 3.07. The maximum Gasteiger partial charge on any atom is 0.353 e. The highest BCUT2D eigenvalue weighted by Gasteiger charge is 2.13. The molecule has 3 aromatic rings. The van der Waals surface area contributed by atoms with E-state index in [4.69, 9.17) is 14.2 Å². The highest BCUT2D eigenvalue weighted by atomic mass is 32.1. The lowest BCUT2D eigenvalue weighted by atomic mass is 10.2. The number of nitrogens with zero attached hydrogens (tertiary/aromatic N) is 1. The van der Waals surface area contributed by atoms with E-state index in [1.165, 1.54) is 24.7 Å². The van der Waals surface area contributed by atoms with Gasteiger partial charge in [-0.1, -0.05) is 24.3 Å². The number of ether oxygens (including phenoxy) is 3. The molecule has 1 N–H and O–H groups in total. The number of amides is 1. The monoisotopic (exact) mass is 424 g/mol. The van der Waals surface area contributed by atoms with Gasteiger partial charge in [0, 0.05) is 0 Å². The number of thiophene rings is 1. The molecule has 0 saturated heterocycles. The van der Waals surface area contributed by atoms with E-state index in [2.05, 4.69) is 10.5 Å². The third-order valence-electron chi connectivity index (χ3n) is 3.97. The Kier molecular flexibility index (Phi) is 7.18. The second-order valence-corrected chi connectivity index (χ2v) is 7.07. The summed E-state index contributed by atoms with van der Waals surface area (Å²) in [6.45, 7) is 1.75. The Hall–Kier alpha value is -3.65. The summed E-state index contributed by atoms with van der Waals surface area (Å²) in [6.07, 6.45) is 1.46. The van der Waals surface area contributed by atoms with Gasteiger partial charge in [0.05, 0.1) is 13.3 Å².